The maximum atomic E-state index is 9.71. The number of anilines is 1. The number of benzene rings is 1. The van der Waals surface area contributed by atoms with Crippen molar-refractivity contribution in [1.29, 1.82) is 0 Å². The first-order valence-corrected chi connectivity index (χ1v) is 9.46. The molecule has 2 aromatic rings. The third kappa shape index (κ3) is 3.58. The van der Waals surface area contributed by atoms with E-state index in [-0.39, 0.29) is 6.10 Å². The minimum absolute atomic E-state index is 0.115. The van der Waals surface area contributed by atoms with Crippen LogP contribution in [0.5, 0.6) is 0 Å². The summed E-state index contributed by atoms with van der Waals surface area (Å²) in [5.74, 6) is 0. The van der Waals surface area contributed by atoms with Crippen LogP contribution in [-0.4, -0.2) is 39.0 Å². The molecular weight excluding hydrogens is 312 g/mol. The van der Waals surface area contributed by atoms with Gasteiger partial charge < -0.3 is 10.4 Å². The first-order valence-electron chi connectivity index (χ1n) is 9.46. The van der Waals surface area contributed by atoms with E-state index >= 15 is 0 Å². The SMILES string of the molecule is Cn1ncc2c1CCCC2Nc1ccccc1CN1CCC(O)CC1. The van der Waals surface area contributed by atoms with Crippen molar-refractivity contribution in [2.24, 2.45) is 7.05 Å². The summed E-state index contributed by atoms with van der Waals surface area (Å²) in [7, 11) is 2.04. The van der Waals surface area contributed by atoms with Crippen molar-refractivity contribution in [1.82, 2.24) is 14.7 Å². The zero-order valence-corrected chi connectivity index (χ0v) is 15.0. The van der Waals surface area contributed by atoms with Crippen LogP contribution in [-0.2, 0) is 20.0 Å². The van der Waals surface area contributed by atoms with Gasteiger partial charge in [0.2, 0.25) is 0 Å². The van der Waals surface area contributed by atoms with E-state index in [9.17, 15) is 5.11 Å². The Morgan fingerprint density at radius 2 is 2.00 bits per heavy atom. The molecule has 5 heteroatoms. The average Bonchev–Trinajstić information content (AvgIpc) is 3.01. The summed E-state index contributed by atoms with van der Waals surface area (Å²) < 4.78 is 2.02. The van der Waals surface area contributed by atoms with Crippen LogP contribution in [0, 0.1) is 0 Å². The molecule has 1 saturated heterocycles. The quantitative estimate of drug-likeness (QED) is 0.899. The fraction of sp³-hybridized carbons (Fsp3) is 0.550. The summed E-state index contributed by atoms with van der Waals surface area (Å²) in [5, 5.41) is 18.0. The number of hydrogen-bond acceptors (Lipinski definition) is 4. The lowest BCUT2D eigenvalue weighted by Crippen LogP contribution is -2.35. The standard InChI is InChI=1S/C20H28N4O/c1-23-20-8-4-7-19(17(20)13-21-23)22-18-6-3-2-5-15(18)14-24-11-9-16(25)10-12-24/h2-3,5-6,13,16,19,22,25H,4,7-12,14H2,1H3. The van der Waals surface area contributed by atoms with Crippen LogP contribution in [0.1, 0.15) is 48.5 Å². The third-order valence-electron chi connectivity index (χ3n) is 5.67. The average molecular weight is 340 g/mol. The van der Waals surface area contributed by atoms with E-state index in [2.05, 4.69) is 39.6 Å². The van der Waals surface area contributed by atoms with Crippen molar-refractivity contribution >= 4 is 5.69 Å². The molecular formula is C20H28N4O. The third-order valence-corrected chi connectivity index (χ3v) is 5.67. The van der Waals surface area contributed by atoms with Crippen LogP contribution in [0.3, 0.4) is 0 Å². The lowest BCUT2D eigenvalue weighted by molar-refractivity contribution is 0.0793. The molecule has 4 rings (SSSR count). The van der Waals surface area contributed by atoms with Gasteiger partial charge in [0, 0.05) is 43.6 Å². The van der Waals surface area contributed by atoms with Crippen molar-refractivity contribution in [3.63, 3.8) is 0 Å². The molecule has 1 atom stereocenters. The predicted molar refractivity (Wildman–Crippen MR) is 99.5 cm³/mol. The molecule has 2 aliphatic rings. The number of rotatable bonds is 4. The Morgan fingerprint density at radius 3 is 2.84 bits per heavy atom. The smallest absolute Gasteiger partial charge is 0.0564 e. The highest BCUT2D eigenvalue weighted by Gasteiger charge is 2.24. The van der Waals surface area contributed by atoms with E-state index in [1.165, 1.54) is 28.9 Å². The number of para-hydroxylation sites is 1. The first kappa shape index (κ1) is 16.6. The van der Waals surface area contributed by atoms with E-state index < -0.39 is 0 Å². The van der Waals surface area contributed by atoms with Gasteiger partial charge in [-0.3, -0.25) is 9.58 Å². The Kier molecular flexibility index (Phi) is 4.77. The molecule has 1 aliphatic heterocycles. The molecule has 0 saturated carbocycles. The Hall–Kier alpha value is -1.85. The van der Waals surface area contributed by atoms with Gasteiger partial charge in [-0.1, -0.05) is 18.2 Å². The molecule has 0 spiro atoms. The summed E-state index contributed by atoms with van der Waals surface area (Å²) in [6.45, 7) is 2.90. The van der Waals surface area contributed by atoms with Crippen molar-refractivity contribution < 1.29 is 5.11 Å². The first-order chi connectivity index (χ1) is 12.2. The highest BCUT2D eigenvalue weighted by Crippen LogP contribution is 2.33. The molecule has 25 heavy (non-hydrogen) atoms. The number of nitrogens with one attached hydrogen (secondary N) is 1. The van der Waals surface area contributed by atoms with Crippen molar-refractivity contribution in [3.8, 4) is 0 Å². The molecule has 2 heterocycles. The highest BCUT2D eigenvalue weighted by atomic mass is 16.3. The van der Waals surface area contributed by atoms with Gasteiger partial charge in [0.15, 0.2) is 0 Å². The van der Waals surface area contributed by atoms with Gasteiger partial charge >= 0.3 is 0 Å². The van der Waals surface area contributed by atoms with E-state index in [4.69, 9.17) is 0 Å². The Morgan fingerprint density at radius 1 is 1.20 bits per heavy atom. The molecule has 1 aromatic carbocycles. The fourth-order valence-corrected chi connectivity index (χ4v) is 4.16. The molecule has 0 amide bonds. The maximum absolute atomic E-state index is 9.71. The highest BCUT2D eigenvalue weighted by molar-refractivity contribution is 5.53. The van der Waals surface area contributed by atoms with Gasteiger partial charge in [-0.25, -0.2) is 0 Å². The summed E-state index contributed by atoms with van der Waals surface area (Å²) in [5.41, 5.74) is 5.29. The van der Waals surface area contributed by atoms with Gasteiger partial charge in [0.25, 0.3) is 0 Å². The van der Waals surface area contributed by atoms with Gasteiger partial charge in [-0.05, 0) is 43.7 Å². The van der Waals surface area contributed by atoms with Crippen LogP contribution in [0.2, 0.25) is 0 Å². The van der Waals surface area contributed by atoms with Crippen LogP contribution < -0.4 is 5.32 Å². The minimum Gasteiger partial charge on any atom is -0.393 e. The topological polar surface area (TPSA) is 53.3 Å². The van der Waals surface area contributed by atoms with E-state index in [1.54, 1.807) is 0 Å². The molecule has 1 unspecified atom stereocenters. The number of aliphatic hydroxyl groups excluding tert-OH is 1. The zero-order valence-electron chi connectivity index (χ0n) is 15.0. The number of aryl methyl sites for hydroxylation is 1. The number of fused-ring (bicyclic) bond motifs is 1. The number of aliphatic hydroxyl groups is 1. The van der Waals surface area contributed by atoms with Crippen LogP contribution >= 0.6 is 0 Å². The molecule has 0 radical (unpaired) electrons. The molecule has 1 aliphatic carbocycles. The second-order valence-corrected chi connectivity index (χ2v) is 7.42. The molecule has 5 nitrogen and oxygen atoms in total. The maximum Gasteiger partial charge on any atom is 0.0564 e. The second kappa shape index (κ2) is 7.18. The summed E-state index contributed by atoms with van der Waals surface area (Å²) in [6, 6.07) is 9.00. The number of aromatic nitrogens is 2. The van der Waals surface area contributed by atoms with Crippen LogP contribution in [0.25, 0.3) is 0 Å². The number of piperidine rings is 1. The summed E-state index contributed by atoms with van der Waals surface area (Å²) in [4.78, 5) is 2.45. The molecule has 1 fully saturated rings. The lowest BCUT2D eigenvalue weighted by atomic mass is 9.92. The Bertz CT molecular complexity index is 718. The number of likely N-dealkylation sites (tertiary alicyclic amines) is 1. The Labute approximate surface area is 149 Å². The van der Waals surface area contributed by atoms with Crippen molar-refractivity contribution in [3.05, 3.63) is 47.3 Å². The molecule has 2 N–H and O–H groups in total. The minimum atomic E-state index is -0.115. The fourth-order valence-electron chi connectivity index (χ4n) is 4.16. The van der Waals surface area contributed by atoms with Crippen molar-refractivity contribution in [2.45, 2.75) is 50.8 Å². The van der Waals surface area contributed by atoms with E-state index in [0.29, 0.717) is 6.04 Å². The van der Waals surface area contributed by atoms with Gasteiger partial charge in [-0.2, -0.15) is 5.10 Å². The van der Waals surface area contributed by atoms with E-state index in [0.717, 1.165) is 45.3 Å². The van der Waals surface area contributed by atoms with Gasteiger partial charge in [0.1, 0.15) is 0 Å². The predicted octanol–water partition coefficient (Wildman–Crippen LogP) is 2.87. The van der Waals surface area contributed by atoms with Crippen LogP contribution in [0.15, 0.2) is 30.5 Å². The van der Waals surface area contributed by atoms with E-state index in [1.807, 2.05) is 17.9 Å². The summed E-state index contributed by atoms with van der Waals surface area (Å²) >= 11 is 0. The zero-order chi connectivity index (χ0) is 17.2. The normalized spacial score (nSPS) is 21.9. The molecule has 134 valence electrons. The summed E-state index contributed by atoms with van der Waals surface area (Å²) in [6.07, 6.45) is 7.17. The van der Waals surface area contributed by atoms with Gasteiger partial charge in [-0.15, -0.1) is 0 Å². The van der Waals surface area contributed by atoms with Gasteiger partial charge in [0.05, 0.1) is 18.3 Å². The lowest BCUT2D eigenvalue weighted by Gasteiger charge is -2.31. The van der Waals surface area contributed by atoms with Crippen LogP contribution in [0.4, 0.5) is 5.69 Å². The largest absolute Gasteiger partial charge is 0.393 e. The second-order valence-electron chi connectivity index (χ2n) is 7.42. The van der Waals surface area contributed by atoms with Crippen molar-refractivity contribution in [2.75, 3.05) is 18.4 Å². The Balaban J connectivity index is 1.50. The number of hydrogen-bond donors (Lipinski definition) is 2. The molecule has 1 aromatic heterocycles. The molecule has 0 bridgehead atoms. The monoisotopic (exact) mass is 340 g/mol. The number of nitrogens with zero attached hydrogens (tertiary/aromatic N) is 3.